The number of piperazine rings is 1. The van der Waals surface area contributed by atoms with E-state index in [-0.39, 0.29) is 0 Å². The number of aromatic nitrogens is 4. The number of hydrogen-bond donors (Lipinski definition) is 1. The highest BCUT2D eigenvalue weighted by Crippen LogP contribution is 2.25. The Morgan fingerprint density at radius 3 is 2.33 bits per heavy atom. The minimum Gasteiger partial charge on any atom is -0.424 e. The number of aryl methyl sites for hydroxylation is 3. The summed E-state index contributed by atoms with van der Waals surface area (Å²) in [5.74, 6) is 3.12. The summed E-state index contributed by atoms with van der Waals surface area (Å²) >= 11 is 0. The van der Waals surface area contributed by atoms with Crippen molar-refractivity contribution in [2.45, 2.75) is 20.8 Å². The van der Waals surface area contributed by atoms with Crippen LogP contribution in [0.4, 0.5) is 17.3 Å². The van der Waals surface area contributed by atoms with Crippen LogP contribution < -0.4 is 15.0 Å². The van der Waals surface area contributed by atoms with Crippen molar-refractivity contribution in [2.75, 3.05) is 43.4 Å². The highest BCUT2D eigenvalue weighted by molar-refractivity contribution is 5.61. The zero-order chi connectivity index (χ0) is 21.1. The van der Waals surface area contributed by atoms with Gasteiger partial charge < -0.3 is 19.9 Å². The molecule has 2 aromatic heterocycles. The third kappa shape index (κ3) is 5.01. The molecule has 1 fully saturated rings. The van der Waals surface area contributed by atoms with Gasteiger partial charge in [0.25, 0.3) is 0 Å². The predicted octanol–water partition coefficient (Wildman–Crippen LogP) is 3.48. The largest absolute Gasteiger partial charge is 0.424 e. The Morgan fingerprint density at radius 1 is 0.867 bits per heavy atom. The number of nitrogens with one attached hydrogen (secondary N) is 1. The summed E-state index contributed by atoms with van der Waals surface area (Å²) in [4.78, 5) is 22.5. The third-order valence-corrected chi connectivity index (χ3v) is 4.93. The number of anilines is 3. The van der Waals surface area contributed by atoms with Crippen molar-refractivity contribution < 1.29 is 4.74 Å². The molecule has 0 spiro atoms. The van der Waals surface area contributed by atoms with Crippen LogP contribution in [0.5, 0.6) is 11.8 Å². The van der Waals surface area contributed by atoms with Crippen LogP contribution in [0.3, 0.4) is 0 Å². The fourth-order valence-electron chi connectivity index (χ4n) is 3.44. The minimum atomic E-state index is 0.347. The highest BCUT2D eigenvalue weighted by atomic mass is 16.5. The van der Waals surface area contributed by atoms with Crippen LogP contribution in [0.25, 0.3) is 0 Å². The van der Waals surface area contributed by atoms with Crippen LogP contribution in [0.15, 0.2) is 36.4 Å². The van der Waals surface area contributed by atoms with Gasteiger partial charge in [-0.25, -0.2) is 19.9 Å². The van der Waals surface area contributed by atoms with Crippen molar-refractivity contribution in [1.29, 1.82) is 0 Å². The Hall–Kier alpha value is -3.26. The van der Waals surface area contributed by atoms with Crippen LogP contribution in [0.2, 0.25) is 0 Å². The van der Waals surface area contributed by atoms with E-state index in [1.54, 1.807) is 0 Å². The van der Waals surface area contributed by atoms with E-state index in [1.165, 1.54) is 0 Å². The van der Waals surface area contributed by atoms with Crippen molar-refractivity contribution in [3.05, 3.63) is 53.6 Å². The zero-order valence-corrected chi connectivity index (χ0v) is 17.9. The molecule has 3 aromatic rings. The summed E-state index contributed by atoms with van der Waals surface area (Å²) in [6.45, 7) is 9.76. The molecule has 156 valence electrons. The van der Waals surface area contributed by atoms with Crippen LogP contribution >= 0.6 is 0 Å². The van der Waals surface area contributed by atoms with E-state index < -0.39 is 0 Å². The van der Waals surface area contributed by atoms with Crippen LogP contribution in [-0.4, -0.2) is 58.1 Å². The van der Waals surface area contributed by atoms with Gasteiger partial charge >= 0.3 is 6.01 Å². The van der Waals surface area contributed by atoms with Gasteiger partial charge in [-0.3, -0.25) is 0 Å². The topological polar surface area (TPSA) is 79.3 Å². The Bertz CT molecular complexity index is 1010. The van der Waals surface area contributed by atoms with Gasteiger partial charge in [0, 0.05) is 55.4 Å². The molecule has 8 heteroatoms. The lowest BCUT2D eigenvalue weighted by atomic mass is 10.3. The summed E-state index contributed by atoms with van der Waals surface area (Å²) in [7, 11) is 2.15. The molecule has 1 aromatic carbocycles. The molecule has 1 N–H and O–H groups in total. The second-order valence-electron chi connectivity index (χ2n) is 7.64. The van der Waals surface area contributed by atoms with Crippen molar-refractivity contribution in [1.82, 2.24) is 24.8 Å². The van der Waals surface area contributed by atoms with Crippen LogP contribution in [0, 0.1) is 20.8 Å². The van der Waals surface area contributed by atoms with Gasteiger partial charge in [-0.05, 0) is 46.0 Å². The number of ether oxygens (including phenoxy) is 1. The van der Waals surface area contributed by atoms with Crippen molar-refractivity contribution in [2.24, 2.45) is 0 Å². The molecular weight excluding hydrogens is 378 g/mol. The first-order chi connectivity index (χ1) is 14.4. The average molecular weight is 406 g/mol. The molecule has 0 atom stereocenters. The van der Waals surface area contributed by atoms with E-state index in [0.717, 1.165) is 60.7 Å². The normalized spacial score (nSPS) is 14.6. The van der Waals surface area contributed by atoms with E-state index >= 15 is 0 Å². The predicted molar refractivity (Wildman–Crippen MR) is 118 cm³/mol. The second kappa shape index (κ2) is 8.62. The molecule has 0 bridgehead atoms. The van der Waals surface area contributed by atoms with E-state index in [9.17, 15) is 0 Å². The molecule has 0 saturated carbocycles. The number of benzene rings is 1. The number of rotatable bonds is 5. The van der Waals surface area contributed by atoms with Gasteiger partial charge in [-0.15, -0.1) is 0 Å². The summed E-state index contributed by atoms with van der Waals surface area (Å²) in [6, 6.07) is 12.0. The molecule has 1 aliphatic rings. The third-order valence-electron chi connectivity index (χ3n) is 4.93. The van der Waals surface area contributed by atoms with Gasteiger partial charge in [0.15, 0.2) is 0 Å². The molecule has 0 unspecified atom stereocenters. The number of likely N-dealkylation sites (N-methyl/N-ethyl adjacent to an activating group) is 1. The lowest BCUT2D eigenvalue weighted by molar-refractivity contribution is 0.312. The van der Waals surface area contributed by atoms with Gasteiger partial charge in [-0.1, -0.05) is 6.07 Å². The SMILES string of the molecule is Cc1cc(C)nc(Oc2cccc(Nc3cc(N4CCN(C)CC4)nc(C)n3)c2)n1. The van der Waals surface area contributed by atoms with Crippen LogP contribution in [0.1, 0.15) is 17.2 Å². The van der Waals surface area contributed by atoms with Crippen molar-refractivity contribution in [3.8, 4) is 11.8 Å². The summed E-state index contributed by atoms with van der Waals surface area (Å²) in [6.07, 6.45) is 0. The molecule has 4 rings (SSSR count). The van der Waals surface area contributed by atoms with Crippen molar-refractivity contribution >= 4 is 17.3 Å². The summed E-state index contributed by atoms with van der Waals surface area (Å²) < 4.78 is 5.86. The Labute approximate surface area is 177 Å². The highest BCUT2D eigenvalue weighted by Gasteiger charge is 2.16. The van der Waals surface area contributed by atoms with Gasteiger partial charge in [0.05, 0.1) is 0 Å². The summed E-state index contributed by atoms with van der Waals surface area (Å²) in [5, 5.41) is 3.37. The second-order valence-corrected chi connectivity index (χ2v) is 7.64. The standard InChI is InChI=1S/C22H27N7O/c1-15-12-16(2)24-22(23-15)30-19-7-5-6-18(13-19)27-20-14-21(26-17(3)25-20)29-10-8-28(4)9-11-29/h5-7,12-14H,8-11H2,1-4H3,(H,25,26,27). The molecule has 30 heavy (non-hydrogen) atoms. The van der Waals surface area contributed by atoms with E-state index in [1.807, 2.05) is 57.2 Å². The van der Waals surface area contributed by atoms with Gasteiger partial charge in [0.2, 0.25) is 0 Å². The smallest absolute Gasteiger partial charge is 0.322 e. The molecule has 1 saturated heterocycles. The van der Waals surface area contributed by atoms with Gasteiger partial charge in [-0.2, -0.15) is 0 Å². The molecule has 0 amide bonds. The quantitative estimate of drug-likeness (QED) is 0.691. The molecule has 0 aliphatic carbocycles. The summed E-state index contributed by atoms with van der Waals surface area (Å²) in [5.41, 5.74) is 2.62. The van der Waals surface area contributed by atoms with E-state index in [0.29, 0.717) is 11.8 Å². The average Bonchev–Trinajstić information content (AvgIpc) is 2.67. The molecular formula is C22H27N7O. The maximum Gasteiger partial charge on any atom is 0.322 e. The number of nitrogens with zero attached hydrogens (tertiary/aromatic N) is 6. The van der Waals surface area contributed by atoms with E-state index in [2.05, 4.69) is 42.1 Å². The fourth-order valence-corrected chi connectivity index (χ4v) is 3.44. The Balaban J connectivity index is 1.51. The Kier molecular flexibility index (Phi) is 5.76. The zero-order valence-electron chi connectivity index (χ0n) is 17.9. The maximum atomic E-state index is 5.86. The Morgan fingerprint density at radius 2 is 1.60 bits per heavy atom. The molecule has 0 radical (unpaired) electrons. The molecule has 8 nitrogen and oxygen atoms in total. The monoisotopic (exact) mass is 405 g/mol. The fraction of sp³-hybridized carbons (Fsp3) is 0.364. The van der Waals surface area contributed by atoms with Crippen molar-refractivity contribution in [3.63, 3.8) is 0 Å². The lowest BCUT2D eigenvalue weighted by Gasteiger charge is -2.33. The first-order valence-electron chi connectivity index (χ1n) is 10.1. The first kappa shape index (κ1) is 20.0. The minimum absolute atomic E-state index is 0.347. The lowest BCUT2D eigenvalue weighted by Crippen LogP contribution is -2.44. The molecule has 1 aliphatic heterocycles. The number of hydrogen-bond acceptors (Lipinski definition) is 8. The van der Waals surface area contributed by atoms with Crippen LogP contribution in [-0.2, 0) is 0 Å². The van der Waals surface area contributed by atoms with E-state index in [4.69, 9.17) is 4.74 Å². The first-order valence-corrected chi connectivity index (χ1v) is 10.1. The van der Waals surface area contributed by atoms with Gasteiger partial charge in [0.1, 0.15) is 23.2 Å². The molecule has 3 heterocycles. The maximum absolute atomic E-state index is 5.86.